The molecule has 1 aromatic carbocycles. The average molecular weight is 250 g/mol. The maximum Gasteiger partial charge on any atom is 0.219 e. The van der Waals surface area contributed by atoms with Crippen LogP contribution < -0.4 is 16.2 Å². The summed E-state index contributed by atoms with van der Waals surface area (Å²) in [6.45, 7) is 6.70. The highest BCUT2D eigenvalue weighted by atomic mass is 16.5. The van der Waals surface area contributed by atoms with Gasteiger partial charge in [-0.25, -0.2) is 0 Å². The monoisotopic (exact) mass is 250 g/mol. The Morgan fingerprint density at radius 1 is 1.39 bits per heavy atom. The second-order valence-corrected chi connectivity index (χ2v) is 4.66. The minimum absolute atomic E-state index is 0.127. The molecule has 0 spiro atoms. The zero-order valence-corrected chi connectivity index (χ0v) is 11.3. The number of ether oxygens (including phenoxy) is 1. The zero-order valence-electron chi connectivity index (χ0n) is 11.3. The second-order valence-electron chi connectivity index (χ2n) is 4.66. The summed E-state index contributed by atoms with van der Waals surface area (Å²) in [5, 5.41) is 0. The van der Waals surface area contributed by atoms with E-state index >= 15 is 0 Å². The van der Waals surface area contributed by atoms with Crippen molar-refractivity contribution >= 4 is 5.91 Å². The lowest BCUT2D eigenvalue weighted by Gasteiger charge is -2.18. The van der Waals surface area contributed by atoms with Gasteiger partial charge in [0.2, 0.25) is 5.91 Å². The molecule has 100 valence electrons. The molecule has 4 nitrogen and oxygen atoms in total. The Labute approximate surface area is 108 Å². The smallest absolute Gasteiger partial charge is 0.219 e. The molecular formula is C14H22N2O2. The van der Waals surface area contributed by atoms with Gasteiger partial charge >= 0.3 is 0 Å². The largest absolute Gasteiger partial charge is 0.494 e. The quantitative estimate of drug-likeness (QED) is 0.811. The fourth-order valence-corrected chi connectivity index (χ4v) is 1.83. The van der Waals surface area contributed by atoms with Crippen LogP contribution in [0.5, 0.6) is 5.75 Å². The van der Waals surface area contributed by atoms with Crippen molar-refractivity contribution in [1.82, 2.24) is 0 Å². The molecule has 0 radical (unpaired) electrons. The first-order valence-corrected chi connectivity index (χ1v) is 6.26. The number of hydrogen-bond donors (Lipinski definition) is 2. The van der Waals surface area contributed by atoms with Gasteiger partial charge in [-0.05, 0) is 24.5 Å². The van der Waals surface area contributed by atoms with E-state index in [2.05, 4.69) is 13.8 Å². The molecule has 0 fully saturated rings. The molecule has 0 saturated carbocycles. The van der Waals surface area contributed by atoms with Gasteiger partial charge in [0.1, 0.15) is 5.75 Å². The number of amides is 1. The summed E-state index contributed by atoms with van der Waals surface area (Å²) < 4.78 is 5.54. The third-order valence-electron chi connectivity index (χ3n) is 2.82. The number of nitrogens with two attached hydrogens (primary N) is 2. The molecular weight excluding hydrogens is 228 g/mol. The minimum Gasteiger partial charge on any atom is -0.494 e. The maximum atomic E-state index is 11.0. The molecule has 0 heterocycles. The topological polar surface area (TPSA) is 78.3 Å². The Morgan fingerprint density at radius 2 is 2.06 bits per heavy atom. The average Bonchev–Trinajstić information content (AvgIpc) is 2.28. The Kier molecular flexibility index (Phi) is 5.16. The summed E-state index contributed by atoms with van der Waals surface area (Å²) in [4.78, 5) is 11.0. The molecule has 1 aromatic rings. The molecule has 0 aliphatic rings. The summed E-state index contributed by atoms with van der Waals surface area (Å²) in [5.41, 5.74) is 13.2. The van der Waals surface area contributed by atoms with Crippen molar-refractivity contribution in [2.24, 2.45) is 11.5 Å². The highest BCUT2D eigenvalue weighted by Gasteiger charge is 2.16. The molecule has 1 amide bonds. The predicted octanol–water partition coefficient (Wildman–Crippen LogP) is 2.08. The molecule has 0 aromatic heterocycles. The maximum absolute atomic E-state index is 11.0. The predicted molar refractivity (Wildman–Crippen MR) is 72.4 cm³/mol. The van der Waals surface area contributed by atoms with Crippen molar-refractivity contribution in [3.8, 4) is 5.75 Å². The normalized spacial score (nSPS) is 12.5. The number of hydrogen-bond acceptors (Lipinski definition) is 3. The van der Waals surface area contributed by atoms with Crippen LogP contribution in [-0.2, 0) is 4.79 Å². The first-order chi connectivity index (χ1) is 8.45. The van der Waals surface area contributed by atoms with E-state index < -0.39 is 11.9 Å². The van der Waals surface area contributed by atoms with Crippen molar-refractivity contribution in [3.05, 3.63) is 29.3 Å². The molecule has 1 rings (SSSR count). The van der Waals surface area contributed by atoms with Crippen molar-refractivity contribution in [2.45, 2.75) is 39.2 Å². The van der Waals surface area contributed by atoms with E-state index in [0.29, 0.717) is 12.5 Å². The van der Waals surface area contributed by atoms with Crippen LogP contribution in [0.1, 0.15) is 50.3 Å². The molecule has 0 aliphatic heterocycles. The van der Waals surface area contributed by atoms with Crippen LogP contribution in [0.3, 0.4) is 0 Å². The van der Waals surface area contributed by atoms with E-state index in [1.54, 1.807) is 0 Å². The molecule has 18 heavy (non-hydrogen) atoms. The number of primary amides is 1. The molecule has 4 N–H and O–H groups in total. The zero-order chi connectivity index (χ0) is 13.7. The lowest BCUT2D eigenvalue weighted by atomic mass is 9.95. The van der Waals surface area contributed by atoms with E-state index in [1.807, 2.05) is 25.1 Å². The van der Waals surface area contributed by atoms with Crippen molar-refractivity contribution in [3.63, 3.8) is 0 Å². The Morgan fingerprint density at radius 3 is 2.56 bits per heavy atom. The van der Waals surface area contributed by atoms with Crippen LogP contribution in [0.15, 0.2) is 18.2 Å². The Hall–Kier alpha value is -1.55. The third-order valence-corrected chi connectivity index (χ3v) is 2.82. The second kappa shape index (κ2) is 6.40. The first kappa shape index (κ1) is 14.5. The number of carbonyl (C=O) groups is 1. The van der Waals surface area contributed by atoms with Gasteiger partial charge in [-0.3, -0.25) is 4.79 Å². The summed E-state index contributed by atoms with van der Waals surface area (Å²) >= 11 is 0. The van der Waals surface area contributed by atoms with Crippen LogP contribution in [-0.4, -0.2) is 12.5 Å². The molecule has 0 bridgehead atoms. The SMILES string of the molecule is CCOc1ccc(C(C)C)cc1C(N)CC(N)=O. The fraction of sp³-hybridized carbons (Fsp3) is 0.500. The van der Waals surface area contributed by atoms with Crippen molar-refractivity contribution in [1.29, 1.82) is 0 Å². The molecule has 0 aliphatic carbocycles. The van der Waals surface area contributed by atoms with Crippen LogP contribution in [0.4, 0.5) is 0 Å². The van der Waals surface area contributed by atoms with Crippen LogP contribution in [0.25, 0.3) is 0 Å². The van der Waals surface area contributed by atoms with E-state index in [4.69, 9.17) is 16.2 Å². The summed E-state index contributed by atoms with van der Waals surface area (Å²) in [7, 11) is 0. The van der Waals surface area contributed by atoms with E-state index in [1.165, 1.54) is 5.56 Å². The van der Waals surface area contributed by atoms with Gasteiger partial charge in [0.15, 0.2) is 0 Å². The van der Waals surface area contributed by atoms with Crippen LogP contribution in [0, 0.1) is 0 Å². The van der Waals surface area contributed by atoms with Gasteiger partial charge in [-0.15, -0.1) is 0 Å². The van der Waals surface area contributed by atoms with Gasteiger partial charge in [-0.1, -0.05) is 26.0 Å². The van der Waals surface area contributed by atoms with E-state index in [-0.39, 0.29) is 6.42 Å². The van der Waals surface area contributed by atoms with E-state index in [0.717, 1.165) is 11.3 Å². The standard InChI is InChI=1S/C14H22N2O2/c1-4-18-13-6-5-10(9(2)3)7-11(13)12(15)8-14(16)17/h5-7,9,12H,4,8,15H2,1-3H3,(H2,16,17). The van der Waals surface area contributed by atoms with Gasteiger partial charge in [0.05, 0.1) is 6.61 Å². The summed E-state index contributed by atoms with van der Waals surface area (Å²) in [5.74, 6) is 0.732. The summed E-state index contributed by atoms with van der Waals surface area (Å²) in [6.07, 6.45) is 0.127. The van der Waals surface area contributed by atoms with Gasteiger partial charge in [-0.2, -0.15) is 0 Å². The van der Waals surface area contributed by atoms with Crippen LogP contribution >= 0.6 is 0 Å². The van der Waals surface area contributed by atoms with Gasteiger partial charge in [0, 0.05) is 18.0 Å². The molecule has 1 atom stereocenters. The minimum atomic E-state index is -0.414. The number of carbonyl (C=O) groups excluding carboxylic acids is 1. The highest BCUT2D eigenvalue weighted by Crippen LogP contribution is 2.29. The van der Waals surface area contributed by atoms with Gasteiger partial charge < -0.3 is 16.2 Å². The Bertz CT molecular complexity index is 416. The summed E-state index contributed by atoms with van der Waals surface area (Å²) in [6, 6.07) is 5.52. The fourth-order valence-electron chi connectivity index (χ4n) is 1.83. The highest BCUT2D eigenvalue weighted by molar-refractivity contribution is 5.74. The van der Waals surface area contributed by atoms with Gasteiger partial charge in [0.25, 0.3) is 0 Å². The number of benzene rings is 1. The van der Waals surface area contributed by atoms with Crippen molar-refractivity contribution in [2.75, 3.05) is 6.61 Å². The molecule has 0 saturated heterocycles. The first-order valence-electron chi connectivity index (χ1n) is 6.26. The van der Waals surface area contributed by atoms with Crippen molar-refractivity contribution < 1.29 is 9.53 Å². The lowest BCUT2D eigenvalue weighted by molar-refractivity contribution is -0.118. The molecule has 4 heteroatoms. The lowest BCUT2D eigenvalue weighted by Crippen LogP contribution is -2.21. The molecule has 1 unspecified atom stereocenters. The number of rotatable bonds is 6. The third kappa shape index (κ3) is 3.74. The Balaban J connectivity index is 3.09. The van der Waals surface area contributed by atoms with E-state index in [9.17, 15) is 4.79 Å². The van der Waals surface area contributed by atoms with Crippen LogP contribution in [0.2, 0.25) is 0 Å².